The molecule has 20 heavy (non-hydrogen) atoms. The molecular weight excluding hydrogens is 322 g/mol. The summed E-state index contributed by atoms with van der Waals surface area (Å²) in [4.78, 5) is 0. The van der Waals surface area contributed by atoms with Crippen LogP contribution in [0.4, 0.5) is 5.82 Å². The van der Waals surface area contributed by atoms with Crippen molar-refractivity contribution in [1.82, 2.24) is 9.78 Å². The summed E-state index contributed by atoms with van der Waals surface area (Å²) in [6, 6.07) is 5.76. The first-order valence-corrected chi connectivity index (χ1v) is 7.37. The molecule has 1 aliphatic heterocycles. The second-order valence-electron chi connectivity index (χ2n) is 5.33. The Morgan fingerprint density at radius 2 is 1.95 bits per heavy atom. The number of anilines is 1. The maximum Gasteiger partial charge on any atom is 0.251 e. The molecule has 2 heterocycles. The summed E-state index contributed by atoms with van der Waals surface area (Å²) in [5.41, 5.74) is 7.62. The average molecular weight is 336 g/mol. The van der Waals surface area contributed by atoms with Crippen molar-refractivity contribution in [2.24, 2.45) is 7.05 Å². The van der Waals surface area contributed by atoms with Crippen molar-refractivity contribution in [3.63, 3.8) is 0 Å². The van der Waals surface area contributed by atoms with Crippen LogP contribution in [0.25, 0.3) is 11.3 Å². The molecule has 6 heteroatoms. The first kappa shape index (κ1) is 12.1. The van der Waals surface area contributed by atoms with Gasteiger partial charge >= 0.3 is 0 Å². The fourth-order valence-electron chi connectivity index (χ4n) is 2.60. The number of hydrogen-bond donors (Lipinski definition) is 1. The molecule has 0 amide bonds. The molecule has 5 nitrogen and oxygen atoms in total. The predicted molar refractivity (Wildman–Crippen MR) is 78.6 cm³/mol. The van der Waals surface area contributed by atoms with E-state index in [4.69, 9.17) is 15.2 Å². The summed E-state index contributed by atoms with van der Waals surface area (Å²) in [6.07, 6.45) is 3.05. The summed E-state index contributed by atoms with van der Waals surface area (Å²) < 4.78 is 14.5. The summed E-state index contributed by atoms with van der Waals surface area (Å²) in [5.74, 6) is 1.79. The number of hydrogen-bond acceptors (Lipinski definition) is 4. The van der Waals surface area contributed by atoms with E-state index in [2.05, 4.69) is 21.0 Å². The van der Waals surface area contributed by atoms with Gasteiger partial charge in [-0.15, -0.1) is 0 Å². The van der Waals surface area contributed by atoms with Crippen molar-refractivity contribution in [3.8, 4) is 22.8 Å². The molecule has 1 aromatic carbocycles. The summed E-state index contributed by atoms with van der Waals surface area (Å²) in [5, 5.41) is 4.40. The number of benzene rings is 1. The number of halogens is 1. The van der Waals surface area contributed by atoms with Crippen LogP contribution in [0.1, 0.15) is 19.3 Å². The molecule has 0 atom stereocenters. The Bertz CT molecular complexity index is 687. The van der Waals surface area contributed by atoms with Crippen LogP contribution >= 0.6 is 15.9 Å². The fraction of sp³-hybridized carbons (Fsp3) is 0.357. The largest absolute Gasteiger partial charge is 0.448 e. The topological polar surface area (TPSA) is 62.3 Å². The van der Waals surface area contributed by atoms with Gasteiger partial charge in [0, 0.05) is 36.0 Å². The monoisotopic (exact) mass is 335 g/mol. The standard InChI is InChI=1S/C14H14BrN3O2/c1-18-13(16)7-10(17-18)8-5-11-12(6-9(8)15)20-14(19-11)3-2-4-14/h5-7H,2-4,16H2,1H3. The molecule has 104 valence electrons. The number of nitrogens with zero attached hydrogens (tertiary/aromatic N) is 2. The predicted octanol–water partition coefficient (Wildman–Crippen LogP) is 3.08. The van der Waals surface area contributed by atoms with Crippen molar-refractivity contribution in [2.75, 3.05) is 5.73 Å². The van der Waals surface area contributed by atoms with Gasteiger partial charge in [-0.3, -0.25) is 4.68 Å². The minimum Gasteiger partial charge on any atom is -0.448 e. The molecule has 2 N–H and O–H groups in total. The average Bonchev–Trinajstić information content (AvgIpc) is 2.89. The Morgan fingerprint density at radius 1 is 1.25 bits per heavy atom. The smallest absolute Gasteiger partial charge is 0.251 e. The van der Waals surface area contributed by atoms with Crippen molar-refractivity contribution < 1.29 is 9.47 Å². The van der Waals surface area contributed by atoms with E-state index in [1.807, 2.05) is 25.2 Å². The van der Waals surface area contributed by atoms with Crippen LogP contribution in [-0.2, 0) is 7.05 Å². The Hall–Kier alpha value is -1.69. The molecule has 1 spiro atoms. The van der Waals surface area contributed by atoms with Gasteiger partial charge in [-0.05, 0) is 34.5 Å². The lowest BCUT2D eigenvalue weighted by molar-refractivity contribution is -0.138. The molecule has 4 rings (SSSR count). The first-order valence-electron chi connectivity index (χ1n) is 6.58. The third kappa shape index (κ3) is 1.64. The van der Waals surface area contributed by atoms with E-state index in [1.165, 1.54) is 0 Å². The van der Waals surface area contributed by atoms with Gasteiger partial charge < -0.3 is 15.2 Å². The van der Waals surface area contributed by atoms with Gasteiger partial charge in [0.1, 0.15) is 5.82 Å². The maximum absolute atomic E-state index is 5.98. The minimum absolute atomic E-state index is 0.413. The van der Waals surface area contributed by atoms with Gasteiger partial charge in [0.25, 0.3) is 5.79 Å². The van der Waals surface area contributed by atoms with Crippen LogP contribution < -0.4 is 15.2 Å². The number of nitrogen functional groups attached to an aromatic ring is 1. The molecule has 1 aliphatic carbocycles. The lowest BCUT2D eigenvalue weighted by Gasteiger charge is -2.35. The highest BCUT2D eigenvalue weighted by Gasteiger charge is 2.47. The normalized spacial score (nSPS) is 18.3. The van der Waals surface area contributed by atoms with Crippen LogP contribution in [-0.4, -0.2) is 15.6 Å². The van der Waals surface area contributed by atoms with Crippen LogP contribution in [0, 0.1) is 0 Å². The van der Waals surface area contributed by atoms with Gasteiger partial charge in [-0.2, -0.15) is 5.10 Å². The van der Waals surface area contributed by atoms with Crippen molar-refractivity contribution in [3.05, 3.63) is 22.7 Å². The highest BCUT2D eigenvalue weighted by Crippen LogP contribution is 2.50. The molecule has 1 saturated carbocycles. The van der Waals surface area contributed by atoms with E-state index >= 15 is 0 Å². The van der Waals surface area contributed by atoms with E-state index in [0.29, 0.717) is 5.82 Å². The van der Waals surface area contributed by atoms with Crippen molar-refractivity contribution >= 4 is 21.7 Å². The fourth-order valence-corrected chi connectivity index (χ4v) is 3.12. The number of rotatable bonds is 1. The van der Waals surface area contributed by atoms with Crippen LogP contribution in [0.2, 0.25) is 0 Å². The van der Waals surface area contributed by atoms with E-state index in [9.17, 15) is 0 Å². The number of aromatic nitrogens is 2. The highest BCUT2D eigenvalue weighted by atomic mass is 79.9. The minimum atomic E-state index is -0.413. The second-order valence-corrected chi connectivity index (χ2v) is 6.18. The SMILES string of the molecule is Cn1nc(-c2cc3c(cc2Br)OC2(CCC2)O3)cc1N. The van der Waals surface area contributed by atoms with Gasteiger partial charge in [0.2, 0.25) is 0 Å². The lowest BCUT2D eigenvalue weighted by Crippen LogP contribution is -2.45. The third-order valence-corrected chi connectivity index (χ3v) is 4.59. The maximum atomic E-state index is 5.98. The zero-order valence-electron chi connectivity index (χ0n) is 11.0. The number of aryl methyl sites for hydroxylation is 1. The van der Waals surface area contributed by atoms with Gasteiger partial charge in [-0.1, -0.05) is 0 Å². The molecule has 0 bridgehead atoms. The Balaban J connectivity index is 1.78. The van der Waals surface area contributed by atoms with E-state index in [1.54, 1.807) is 4.68 Å². The van der Waals surface area contributed by atoms with Gasteiger partial charge in [0.05, 0.1) is 5.69 Å². The van der Waals surface area contributed by atoms with E-state index in [0.717, 1.165) is 46.5 Å². The molecule has 0 saturated heterocycles. The molecule has 1 aromatic heterocycles. The lowest BCUT2D eigenvalue weighted by atomic mass is 9.91. The van der Waals surface area contributed by atoms with Gasteiger partial charge in [0.15, 0.2) is 11.5 Å². The second kappa shape index (κ2) is 3.91. The molecular formula is C14H14BrN3O2. The van der Waals surface area contributed by atoms with E-state index < -0.39 is 5.79 Å². The molecule has 1 fully saturated rings. The Kier molecular flexibility index (Phi) is 2.36. The summed E-state index contributed by atoms with van der Waals surface area (Å²) >= 11 is 3.57. The van der Waals surface area contributed by atoms with Crippen LogP contribution in [0.3, 0.4) is 0 Å². The number of ether oxygens (including phenoxy) is 2. The summed E-state index contributed by atoms with van der Waals surface area (Å²) in [6.45, 7) is 0. The van der Waals surface area contributed by atoms with Crippen molar-refractivity contribution in [2.45, 2.75) is 25.0 Å². The third-order valence-electron chi connectivity index (χ3n) is 3.93. The Morgan fingerprint density at radius 3 is 2.50 bits per heavy atom. The molecule has 0 radical (unpaired) electrons. The van der Waals surface area contributed by atoms with Crippen molar-refractivity contribution in [1.29, 1.82) is 0 Å². The Labute approximate surface area is 124 Å². The molecule has 0 unspecified atom stereocenters. The van der Waals surface area contributed by atoms with E-state index in [-0.39, 0.29) is 0 Å². The summed E-state index contributed by atoms with van der Waals surface area (Å²) in [7, 11) is 1.82. The number of fused-ring (bicyclic) bond motifs is 1. The zero-order chi connectivity index (χ0) is 13.9. The van der Waals surface area contributed by atoms with Crippen LogP contribution in [0.5, 0.6) is 11.5 Å². The molecule has 2 aliphatic rings. The quantitative estimate of drug-likeness (QED) is 0.869. The highest BCUT2D eigenvalue weighted by molar-refractivity contribution is 9.10. The number of nitrogens with two attached hydrogens (primary N) is 1. The van der Waals surface area contributed by atoms with Gasteiger partial charge in [-0.25, -0.2) is 0 Å². The first-order chi connectivity index (χ1) is 9.56. The zero-order valence-corrected chi connectivity index (χ0v) is 12.6. The molecule has 2 aromatic rings. The van der Waals surface area contributed by atoms with Crippen LogP contribution in [0.15, 0.2) is 22.7 Å².